The van der Waals surface area contributed by atoms with Gasteiger partial charge in [-0.2, -0.15) is 0 Å². The molecule has 2 aromatic rings. The molecule has 0 amide bonds. The van der Waals surface area contributed by atoms with Gasteiger partial charge in [-0.1, -0.05) is 101 Å². The molecule has 0 aromatic heterocycles. The number of hydrogen-bond acceptors (Lipinski definition) is 5. The lowest BCUT2D eigenvalue weighted by molar-refractivity contribution is 0.0422. The second-order valence-corrected chi connectivity index (χ2v) is 8.51. The smallest absolute Gasteiger partial charge is 0.339 e. The summed E-state index contributed by atoms with van der Waals surface area (Å²) in [4.78, 5) is 25.0. The number of para-hydroxylation sites is 1. The molecule has 0 saturated heterocycles. The van der Waals surface area contributed by atoms with E-state index < -0.39 is 11.9 Å². The molecule has 2 aromatic carbocycles. The molecule has 5 heteroatoms. The molecule has 0 N–H and O–H groups in total. The third-order valence-electron chi connectivity index (χ3n) is 5.68. The number of esters is 2. The average Bonchev–Trinajstić information content (AvgIpc) is 2.87. The van der Waals surface area contributed by atoms with E-state index in [-0.39, 0.29) is 24.3 Å². The molecule has 2 rings (SSSR count). The van der Waals surface area contributed by atoms with E-state index in [4.69, 9.17) is 14.2 Å². The van der Waals surface area contributed by atoms with E-state index in [1.807, 2.05) is 30.3 Å². The van der Waals surface area contributed by atoms with E-state index >= 15 is 0 Å². The molecular formula is C29H40O5. The molecule has 5 nitrogen and oxygen atoms in total. The largest absolute Gasteiger partial charge is 0.490 e. The Morgan fingerprint density at radius 2 is 1.03 bits per heavy atom. The van der Waals surface area contributed by atoms with E-state index in [2.05, 4.69) is 6.92 Å². The van der Waals surface area contributed by atoms with E-state index in [0.29, 0.717) is 12.4 Å². The summed E-state index contributed by atoms with van der Waals surface area (Å²) in [6.07, 6.45) is 13.6. The van der Waals surface area contributed by atoms with E-state index in [0.717, 1.165) is 12.8 Å². The van der Waals surface area contributed by atoms with Gasteiger partial charge in [0.15, 0.2) is 0 Å². The predicted octanol–water partition coefficient (Wildman–Crippen LogP) is 7.39. The van der Waals surface area contributed by atoms with Crippen molar-refractivity contribution in [3.05, 3.63) is 65.7 Å². The monoisotopic (exact) mass is 468 g/mol. The highest BCUT2D eigenvalue weighted by Gasteiger charge is 2.18. The van der Waals surface area contributed by atoms with Gasteiger partial charge in [0.25, 0.3) is 0 Å². The number of benzene rings is 2. The fourth-order valence-electron chi connectivity index (χ4n) is 3.74. The Bertz CT molecular complexity index is 818. The lowest BCUT2D eigenvalue weighted by Crippen LogP contribution is -2.17. The number of carbonyl (C=O) groups excluding carboxylic acids is 2. The maximum atomic E-state index is 12.5. The van der Waals surface area contributed by atoms with Gasteiger partial charge < -0.3 is 14.2 Å². The van der Waals surface area contributed by atoms with Gasteiger partial charge in [-0.05, 0) is 30.7 Å². The van der Waals surface area contributed by atoms with E-state index in [9.17, 15) is 9.59 Å². The van der Waals surface area contributed by atoms with Crippen LogP contribution >= 0.6 is 0 Å². The van der Waals surface area contributed by atoms with Crippen LogP contribution in [0.4, 0.5) is 0 Å². The maximum absolute atomic E-state index is 12.5. The third kappa shape index (κ3) is 11.4. The summed E-state index contributed by atoms with van der Waals surface area (Å²) >= 11 is 0. The molecule has 0 radical (unpaired) electrons. The van der Waals surface area contributed by atoms with Crippen LogP contribution in [0.5, 0.6) is 5.75 Å². The van der Waals surface area contributed by atoms with Crippen LogP contribution in [-0.4, -0.2) is 31.8 Å². The first-order chi connectivity index (χ1) is 16.7. The van der Waals surface area contributed by atoms with Gasteiger partial charge in [0, 0.05) is 0 Å². The molecule has 0 fully saturated rings. The Hall–Kier alpha value is -2.82. The van der Waals surface area contributed by atoms with Crippen LogP contribution in [0, 0.1) is 0 Å². The number of ether oxygens (including phenoxy) is 3. The van der Waals surface area contributed by atoms with Crippen LogP contribution in [0.25, 0.3) is 0 Å². The summed E-state index contributed by atoms with van der Waals surface area (Å²) in [5, 5.41) is 0. The van der Waals surface area contributed by atoms with E-state index in [1.54, 1.807) is 24.3 Å². The second-order valence-electron chi connectivity index (χ2n) is 8.51. The fraction of sp³-hybridized carbons (Fsp3) is 0.517. The van der Waals surface area contributed by atoms with Crippen LogP contribution in [0.3, 0.4) is 0 Å². The Morgan fingerprint density at radius 3 is 1.59 bits per heavy atom. The molecule has 0 bridgehead atoms. The summed E-state index contributed by atoms with van der Waals surface area (Å²) in [6.45, 7) is 2.94. The number of carbonyl (C=O) groups is 2. The van der Waals surface area contributed by atoms with Crippen molar-refractivity contribution in [3.63, 3.8) is 0 Å². The fourth-order valence-corrected chi connectivity index (χ4v) is 3.74. The third-order valence-corrected chi connectivity index (χ3v) is 5.68. The minimum Gasteiger partial charge on any atom is -0.490 e. The molecule has 0 aliphatic heterocycles. The van der Waals surface area contributed by atoms with Gasteiger partial charge in [-0.15, -0.1) is 0 Å². The number of rotatable bonds is 18. The lowest BCUT2D eigenvalue weighted by Gasteiger charge is -2.10. The van der Waals surface area contributed by atoms with Gasteiger partial charge >= 0.3 is 11.9 Å². The quantitative estimate of drug-likeness (QED) is 0.169. The number of hydrogen-bond donors (Lipinski definition) is 0. The topological polar surface area (TPSA) is 61.8 Å². The molecule has 0 saturated carbocycles. The minimum atomic E-state index is -0.557. The van der Waals surface area contributed by atoms with Gasteiger partial charge in [0.2, 0.25) is 0 Å². The van der Waals surface area contributed by atoms with Crippen molar-refractivity contribution in [3.8, 4) is 5.75 Å². The highest BCUT2D eigenvalue weighted by Crippen LogP contribution is 2.14. The molecule has 0 spiro atoms. The Labute approximate surface area is 204 Å². The summed E-state index contributed by atoms with van der Waals surface area (Å²) in [6, 6.07) is 15.9. The van der Waals surface area contributed by atoms with Crippen molar-refractivity contribution >= 4 is 11.9 Å². The average molecular weight is 469 g/mol. The van der Waals surface area contributed by atoms with Gasteiger partial charge in [-0.25, -0.2) is 9.59 Å². The zero-order valence-electron chi connectivity index (χ0n) is 20.6. The molecule has 0 unspecified atom stereocenters. The summed E-state index contributed by atoms with van der Waals surface area (Å²) in [7, 11) is 0. The molecule has 0 aliphatic carbocycles. The second kappa shape index (κ2) is 17.6. The molecule has 34 heavy (non-hydrogen) atoms. The Balaban J connectivity index is 1.60. The first-order valence-corrected chi connectivity index (χ1v) is 12.8. The van der Waals surface area contributed by atoms with Crippen LogP contribution in [-0.2, 0) is 9.47 Å². The van der Waals surface area contributed by atoms with E-state index in [1.165, 1.54) is 57.8 Å². The van der Waals surface area contributed by atoms with Crippen LogP contribution < -0.4 is 4.74 Å². The SMILES string of the molecule is CCCCCCCCCCCCCOC(=O)c1ccccc1C(=O)OCCOc1ccccc1. The first-order valence-electron chi connectivity index (χ1n) is 12.8. The predicted molar refractivity (Wildman–Crippen MR) is 135 cm³/mol. The normalized spacial score (nSPS) is 10.6. The Morgan fingerprint density at radius 1 is 0.559 bits per heavy atom. The van der Waals surface area contributed by atoms with Crippen molar-refractivity contribution in [1.29, 1.82) is 0 Å². The minimum absolute atomic E-state index is 0.0931. The summed E-state index contributed by atoms with van der Waals surface area (Å²) < 4.78 is 16.2. The summed E-state index contributed by atoms with van der Waals surface area (Å²) in [5.74, 6) is -0.330. The maximum Gasteiger partial charge on any atom is 0.339 e. The molecule has 0 aliphatic rings. The highest BCUT2D eigenvalue weighted by atomic mass is 16.6. The van der Waals surface area contributed by atoms with Crippen molar-refractivity contribution in [2.75, 3.05) is 19.8 Å². The van der Waals surface area contributed by atoms with Crippen molar-refractivity contribution in [1.82, 2.24) is 0 Å². The van der Waals surface area contributed by atoms with Gasteiger partial charge in [0.05, 0.1) is 17.7 Å². The lowest BCUT2D eigenvalue weighted by atomic mass is 10.1. The van der Waals surface area contributed by atoms with Gasteiger partial charge in [0.1, 0.15) is 19.0 Å². The van der Waals surface area contributed by atoms with Crippen LogP contribution in [0.15, 0.2) is 54.6 Å². The molecule has 0 heterocycles. The summed E-state index contributed by atoms with van der Waals surface area (Å²) in [5.41, 5.74) is 0.450. The molecule has 186 valence electrons. The number of unbranched alkanes of at least 4 members (excludes halogenated alkanes) is 10. The molecular weight excluding hydrogens is 428 g/mol. The van der Waals surface area contributed by atoms with Crippen LogP contribution in [0.1, 0.15) is 98.3 Å². The zero-order valence-corrected chi connectivity index (χ0v) is 20.6. The zero-order chi connectivity index (χ0) is 24.3. The van der Waals surface area contributed by atoms with Crippen molar-refractivity contribution in [2.45, 2.75) is 77.6 Å². The first kappa shape index (κ1) is 27.4. The van der Waals surface area contributed by atoms with Gasteiger partial charge in [-0.3, -0.25) is 0 Å². The Kier molecular flexibility index (Phi) is 14.2. The standard InChI is InChI=1S/C29H40O5/c1-2-3-4-5-6-7-8-9-10-11-17-22-33-28(30)26-20-15-16-21-27(26)29(31)34-24-23-32-25-18-13-12-14-19-25/h12-16,18-21H,2-11,17,22-24H2,1H3. The molecule has 0 atom stereocenters. The van der Waals surface area contributed by atoms with Crippen LogP contribution in [0.2, 0.25) is 0 Å². The highest BCUT2D eigenvalue weighted by molar-refractivity contribution is 6.03. The van der Waals surface area contributed by atoms with Crippen molar-refractivity contribution in [2.24, 2.45) is 0 Å². The van der Waals surface area contributed by atoms with Crippen molar-refractivity contribution < 1.29 is 23.8 Å².